The summed E-state index contributed by atoms with van der Waals surface area (Å²) in [7, 11) is 0. The highest BCUT2D eigenvalue weighted by atomic mass is 15.3. The summed E-state index contributed by atoms with van der Waals surface area (Å²) < 4.78 is 2.22. The largest absolute Gasteiger partial charge is 0.334 e. The van der Waals surface area contributed by atoms with Crippen molar-refractivity contribution >= 4 is 83.0 Å². The number of pyridine rings is 3. The van der Waals surface area contributed by atoms with Crippen molar-refractivity contribution in [2.75, 3.05) is 9.80 Å². The highest BCUT2D eigenvalue weighted by Crippen LogP contribution is 2.38. The number of aliphatic imine (C=N–C) groups is 1. The Balaban J connectivity index is 0.000000108. The summed E-state index contributed by atoms with van der Waals surface area (Å²) in [5, 5.41) is 6.06. The van der Waals surface area contributed by atoms with Gasteiger partial charge in [0.05, 0.1) is 39.3 Å². The van der Waals surface area contributed by atoms with E-state index in [-0.39, 0.29) is 12.2 Å². The number of rotatable bonds is 6. The van der Waals surface area contributed by atoms with Gasteiger partial charge in [-0.15, -0.1) is 0 Å². The van der Waals surface area contributed by atoms with Crippen LogP contribution in [0.25, 0.3) is 60.2 Å². The number of nitrogens with zero attached hydrogens (tertiary/aromatic N) is 7. The van der Waals surface area contributed by atoms with Crippen LogP contribution in [-0.2, 0) is 0 Å². The van der Waals surface area contributed by atoms with Crippen LogP contribution in [0.5, 0.6) is 0 Å². The molecule has 0 bridgehead atoms. The first-order chi connectivity index (χ1) is 43.2. The zero-order chi connectivity index (χ0) is 60.2. The van der Waals surface area contributed by atoms with E-state index in [4.69, 9.17) is 4.99 Å². The van der Waals surface area contributed by atoms with Crippen LogP contribution < -0.4 is 9.80 Å². The Morgan fingerprint density at radius 2 is 0.920 bits per heavy atom. The summed E-state index contributed by atoms with van der Waals surface area (Å²) in [5.74, 6) is 0. The molecule has 16 rings (SSSR count). The SMILES string of the molecule is Cc1c2ccccc2nc2ccccc12.Cc1ccc(-n2ccc3ccccc32)cc1.Cc1ccc(C2N=C3C=CC=CC3N2c2ccccc2)cc1.Cc1ccc(N(c2ccccc2)c2ccccc2)cc1.Cc1ccc2ccc3cccnc3c2n1. The van der Waals surface area contributed by atoms with Crippen LogP contribution in [0.4, 0.5) is 22.7 Å². The molecule has 14 aromatic rings. The quantitative estimate of drug-likeness (QED) is 0.123. The number of aryl methyl sites for hydroxylation is 5. The number of hydrogen-bond acceptors (Lipinski definition) is 6. The van der Waals surface area contributed by atoms with E-state index in [9.17, 15) is 0 Å². The topological polar surface area (TPSA) is 62.4 Å². The maximum atomic E-state index is 4.97. The third-order valence-electron chi connectivity index (χ3n) is 15.9. The van der Waals surface area contributed by atoms with Crippen molar-refractivity contribution in [3.63, 3.8) is 0 Å². The van der Waals surface area contributed by atoms with E-state index in [0.29, 0.717) is 0 Å². The van der Waals surface area contributed by atoms with Crippen molar-refractivity contribution in [2.45, 2.75) is 46.8 Å². The van der Waals surface area contributed by atoms with E-state index in [2.05, 4.69) is 330 Å². The molecule has 10 aromatic carbocycles. The number of fused-ring (bicyclic) bond motifs is 7. The van der Waals surface area contributed by atoms with Crippen molar-refractivity contribution < 1.29 is 0 Å². The molecular formula is C81H69N7. The van der Waals surface area contributed by atoms with Gasteiger partial charge in [0, 0.05) is 68.1 Å². The molecule has 0 radical (unpaired) electrons. The minimum Gasteiger partial charge on any atom is -0.334 e. The van der Waals surface area contributed by atoms with Gasteiger partial charge in [-0.1, -0.05) is 217 Å². The molecule has 0 amide bonds. The summed E-state index contributed by atoms with van der Waals surface area (Å²) in [5.41, 5.74) is 19.9. The highest BCUT2D eigenvalue weighted by molar-refractivity contribution is 6.06. The molecule has 1 aliphatic heterocycles. The predicted octanol–water partition coefficient (Wildman–Crippen LogP) is 20.6. The Bertz CT molecular complexity index is 4630. The maximum Gasteiger partial charge on any atom is 0.148 e. The van der Waals surface area contributed by atoms with E-state index in [0.717, 1.165) is 44.2 Å². The number of benzene rings is 10. The van der Waals surface area contributed by atoms with Gasteiger partial charge in [0.15, 0.2) is 0 Å². The van der Waals surface area contributed by atoms with Gasteiger partial charge >= 0.3 is 0 Å². The first kappa shape index (κ1) is 57.4. The highest BCUT2D eigenvalue weighted by Gasteiger charge is 2.35. The van der Waals surface area contributed by atoms with E-state index in [1.165, 1.54) is 77.9 Å². The molecule has 2 aliphatic rings. The van der Waals surface area contributed by atoms with Gasteiger partial charge in [0.1, 0.15) is 6.17 Å². The van der Waals surface area contributed by atoms with Gasteiger partial charge in [-0.3, -0.25) is 15.0 Å². The van der Waals surface area contributed by atoms with Gasteiger partial charge in [-0.25, -0.2) is 4.98 Å². The zero-order valence-electron chi connectivity index (χ0n) is 50.3. The van der Waals surface area contributed by atoms with Crippen molar-refractivity contribution in [3.8, 4) is 5.69 Å². The Morgan fingerprint density at radius 3 is 1.57 bits per heavy atom. The molecule has 7 nitrogen and oxygen atoms in total. The molecule has 2 unspecified atom stereocenters. The number of allylic oxidation sites excluding steroid dienone is 2. The molecule has 7 heteroatoms. The molecule has 0 N–H and O–H groups in total. The Kier molecular flexibility index (Phi) is 17.6. The van der Waals surface area contributed by atoms with Crippen molar-refractivity contribution in [1.29, 1.82) is 0 Å². The molecule has 0 fully saturated rings. The zero-order valence-corrected chi connectivity index (χ0v) is 50.3. The van der Waals surface area contributed by atoms with Crippen LogP contribution in [0.2, 0.25) is 0 Å². The van der Waals surface area contributed by atoms with Crippen molar-refractivity contribution in [3.05, 3.63) is 349 Å². The Labute approximate surface area is 516 Å². The van der Waals surface area contributed by atoms with E-state index < -0.39 is 0 Å². The Hall–Kier alpha value is -11.0. The van der Waals surface area contributed by atoms with Crippen LogP contribution in [0.15, 0.2) is 321 Å². The van der Waals surface area contributed by atoms with Crippen molar-refractivity contribution in [1.82, 2.24) is 19.5 Å². The second-order valence-corrected chi connectivity index (χ2v) is 22.1. The van der Waals surface area contributed by atoms with Crippen LogP contribution >= 0.6 is 0 Å². The standard InChI is InChI=1S/C20H18N2.C19H17N.C15H13N.C14H11N.C13H10N2/c1-15-11-13-16(14-12-15)20-21-18-9-5-6-10-19(18)22(20)17-7-3-2-4-8-17;1-16-12-14-19(15-13-16)20(17-8-4-2-5-9-17)18-10-6-3-7-11-18;1-12-6-8-14(9-7-12)16-11-10-13-4-2-3-5-15(13)16;1-10-11-6-2-4-8-13(11)15-14-9-5-3-7-12(10)14;1-9-4-5-11-7-6-10-3-2-8-14-12(10)13(11)15-9/h2-14,19-20H,1H3;2-15H,1H3;2-11H,1H3;2-9H,1H3;2-8H,1H3. The van der Waals surface area contributed by atoms with Gasteiger partial charge in [-0.05, 0) is 154 Å². The van der Waals surface area contributed by atoms with Crippen LogP contribution in [0.1, 0.15) is 39.7 Å². The van der Waals surface area contributed by atoms with Gasteiger partial charge < -0.3 is 14.4 Å². The van der Waals surface area contributed by atoms with Gasteiger partial charge in [0.2, 0.25) is 0 Å². The van der Waals surface area contributed by atoms with Crippen LogP contribution in [-0.4, -0.2) is 31.3 Å². The minimum absolute atomic E-state index is 0.0374. The molecule has 0 saturated heterocycles. The molecule has 2 atom stereocenters. The maximum absolute atomic E-state index is 4.97. The molecule has 88 heavy (non-hydrogen) atoms. The second-order valence-electron chi connectivity index (χ2n) is 22.1. The molecule has 0 saturated carbocycles. The molecule has 4 aromatic heterocycles. The minimum atomic E-state index is 0.0374. The molecular weight excluding hydrogens is 1070 g/mol. The molecule has 428 valence electrons. The van der Waals surface area contributed by atoms with Crippen LogP contribution in [0, 0.1) is 34.6 Å². The van der Waals surface area contributed by atoms with E-state index >= 15 is 0 Å². The first-order valence-electron chi connectivity index (χ1n) is 30.0. The Morgan fingerprint density at radius 1 is 0.398 bits per heavy atom. The number of para-hydroxylation sites is 6. The van der Waals surface area contributed by atoms with Gasteiger partial charge in [-0.2, -0.15) is 0 Å². The summed E-state index contributed by atoms with van der Waals surface area (Å²) in [6.07, 6.45) is 12.5. The smallest absolute Gasteiger partial charge is 0.148 e. The second kappa shape index (κ2) is 26.9. The molecule has 5 heterocycles. The fourth-order valence-electron chi connectivity index (χ4n) is 11.3. The number of aromatic nitrogens is 4. The lowest BCUT2D eigenvalue weighted by Gasteiger charge is -2.31. The lowest BCUT2D eigenvalue weighted by Crippen LogP contribution is -2.35. The fraction of sp³-hybridized carbons (Fsp3) is 0.0864. The van der Waals surface area contributed by atoms with Gasteiger partial charge in [0.25, 0.3) is 0 Å². The lowest BCUT2D eigenvalue weighted by molar-refractivity contribution is 0.696. The number of hydrogen-bond donors (Lipinski definition) is 0. The number of anilines is 4. The van der Waals surface area contributed by atoms with Crippen molar-refractivity contribution in [2.24, 2.45) is 4.99 Å². The monoisotopic (exact) mass is 1140 g/mol. The van der Waals surface area contributed by atoms with E-state index in [1.807, 2.05) is 49.5 Å². The lowest BCUT2D eigenvalue weighted by atomic mass is 10.0. The summed E-state index contributed by atoms with van der Waals surface area (Å²) in [6.45, 7) is 10.5. The average molecular weight is 1140 g/mol. The first-order valence-corrected chi connectivity index (χ1v) is 30.0. The summed E-state index contributed by atoms with van der Waals surface area (Å²) >= 11 is 0. The fourth-order valence-corrected chi connectivity index (χ4v) is 11.3. The third-order valence-corrected chi connectivity index (χ3v) is 15.9. The third kappa shape index (κ3) is 13.1. The predicted molar refractivity (Wildman–Crippen MR) is 372 cm³/mol. The van der Waals surface area contributed by atoms with E-state index in [1.54, 1.807) is 0 Å². The molecule has 1 aliphatic carbocycles. The normalized spacial score (nSPS) is 13.7. The van der Waals surface area contributed by atoms with Crippen LogP contribution in [0.3, 0.4) is 0 Å². The summed E-state index contributed by atoms with van der Waals surface area (Å²) in [6, 6.07) is 97.0. The summed E-state index contributed by atoms with van der Waals surface area (Å²) in [4.78, 5) is 23.2. The molecule has 0 spiro atoms. The average Bonchev–Trinajstić information content (AvgIpc) is 2.63.